The molecule has 19 heavy (non-hydrogen) atoms. The number of nitrogens with zero attached hydrogens (tertiary/aromatic N) is 1. The molecule has 0 aromatic rings. The fourth-order valence-electron chi connectivity index (χ4n) is 4.35. The van der Waals surface area contributed by atoms with Gasteiger partial charge in [-0.2, -0.15) is 0 Å². The summed E-state index contributed by atoms with van der Waals surface area (Å²) in [6.45, 7) is 7.89. The molecule has 2 rings (SSSR count). The highest BCUT2D eigenvalue weighted by Crippen LogP contribution is 2.38. The Hall–Kier alpha value is -0.570. The molecule has 1 heterocycles. The van der Waals surface area contributed by atoms with Crippen LogP contribution in [0.3, 0.4) is 0 Å². The van der Waals surface area contributed by atoms with Crippen molar-refractivity contribution in [2.75, 3.05) is 6.54 Å². The topological polar surface area (TPSA) is 40.5 Å². The lowest BCUT2D eigenvalue weighted by Gasteiger charge is -2.41. The highest BCUT2D eigenvalue weighted by atomic mass is 16.4. The second-order valence-corrected chi connectivity index (χ2v) is 6.87. The standard InChI is InChI=1S/C16H29NO2/c1-4-5-13-6-7-14(16(18)19)15(9-13)17-10-11(2)8-12(17)3/h11-15H,4-10H2,1-3H3,(H,18,19). The molecule has 2 fully saturated rings. The maximum absolute atomic E-state index is 11.5. The van der Waals surface area contributed by atoms with Gasteiger partial charge in [0.25, 0.3) is 0 Å². The number of carboxylic acids is 1. The second kappa shape index (κ2) is 6.25. The zero-order valence-corrected chi connectivity index (χ0v) is 12.6. The van der Waals surface area contributed by atoms with Gasteiger partial charge in [0.05, 0.1) is 5.92 Å². The summed E-state index contributed by atoms with van der Waals surface area (Å²) in [5.74, 6) is 0.747. The van der Waals surface area contributed by atoms with E-state index in [-0.39, 0.29) is 12.0 Å². The Morgan fingerprint density at radius 3 is 2.53 bits per heavy atom. The molecule has 5 atom stereocenters. The first-order valence-corrected chi connectivity index (χ1v) is 8.01. The van der Waals surface area contributed by atoms with E-state index >= 15 is 0 Å². The predicted molar refractivity (Wildman–Crippen MR) is 77.1 cm³/mol. The van der Waals surface area contributed by atoms with Gasteiger partial charge in [-0.3, -0.25) is 9.69 Å². The minimum atomic E-state index is -0.577. The number of carbonyl (C=O) groups is 1. The van der Waals surface area contributed by atoms with E-state index in [1.54, 1.807) is 0 Å². The summed E-state index contributed by atoms with van der Waals surface area (Å²) in [5, 5.41) is 9.51. The molecule has 1 aliphatic carbocycles. The molecule has 0 amide bonds. The first-order chi connectivity index (χ1) is 9.02. The first kappa shape index (κ1) is 14.8. The molecule has 0 spiro atoms. The summed E-state index contributed by atoms with van der Waals surface area (Å²) in [4.78, 5) is 14.1. The summed E-state index contributed by atoms with van der Waals surface area (Å²) in [7, 11) is 0. The Morgan fingerprint density at radius 1 is 1.26 bits per heavy atom. The van der Waals surface area contributed by atoms with E-state index in [1.807, 2.05) is 0 Å². The average Bonchev–Trinajstić information content (AvgIpc) is 2.68. The second-order valence-electron chi connectivity index (χ2n) is 6.87. The van der Waals surface area contributed by atoms with Crippen LogP contribution in [0.5, 0.6) is 0 Å². The van der Waals surface area contributed by atoms with Crippen LogP contribution in [0.15, 0.2) is 0 Å². The van der Waals surface area contributed by atoms with Gasteiger partial charge in [-0.05, 0) is 44.4 Å². The third-order valence-electron chi connectivity index (χ3n) is 5.20. The number of hydrogen-bond acceptors (Lipinski definition) is 2. The van der Waals surface area contributed by atoms with E-state index < -0.39 is 5.97 Å². The normalized spacial score (nSPS) is 40.5. The van der Waals surface area contributed by atoms with Crippen LogP contribution in [0.25, 0.3) is 0 Å². The Kier molecular flexibility index (Phi) is 4.88. The molecule has 1 aliphatic heterocycles. The van der Waals surface area contributed by atoms with Gasteiger partial charge < -0.3 is 5.11 Å². The number of likely N-dealkylation sites (tertiary alicyclic amines) is 1. The number of hydrogen-bond donors (Lipinski definition) is 1. The minimum Gasteiger partial charge on any atom is -0.481 e. The van der Waals surface area contributed by atoms with E-state index in [2.05, 4.69) is 25.7 Å². The molecule has 0 bridgehead atoms. The van der Waals surface area contributed by atoms with E-state index in [4.69, 9.17) is 0 Å². The van der Waals surface area contributed by atoms with E-state index in [0.717, 1.165) is 37.6 Å². The molecular formula is C16H29NO2. The maximum atomic E-state index is 11.5. The third kappa shape index (κ3) is 3.31. The third-order valence-corrected chi connectivity index (χ3v) is 5.20. The smallest absolute Gasteiger partial charge is 0.308 e. The van der Waals surface area contributed by atoms with Gasteiger partial charge in [0.1, 0.15) is 0 Å². The molecule has 0 aromatic heterocycles. The number of carboxylic acid groups (broad SMARTS) is 1. The summed E-state index contributed by atoms with van der Waals surface area (Å²) in [6, 6.07) is 0.838. The van der Waals surface area contributed by atoms with E-state index in [9.17, 15) is 9.90 Å². The van der Waals surface area contributed by atoms with Crippen LogP contribution in [0.2, 0.25) is 0 Å². The molecule has 1 saturated heterocycles. The summed E-state index contributed by atoms with van der Waals surface area (Å²) >= 11 is 0. The molecule has 5 unspecified atom stereocenters. The van der Waals surface area contributed by atoms with Crippen molar-refractivity contribution in [3.63, 3.8) is 0 Å². The van der Waals surface area contributed by atoms with Crippen molar-refractivity contribution >= 4 is 5.97 Å². The van der Waals surface area contributed by atoms with Crippen molar-refractivity contribution in [1.82, 2.24) is 4.90 Å². The number of rotatable bonds is 4. The van der Waals surface area contributed by atoms with Crippen LogP contribution in [-0.2, 0) is 4.79 Å². The zero-order valence-electron chi connectivity index (χ0n) is 12.6. The van der Waals surface area contributed by atoms with Gasteiger partial charge in [0.2, 0.25) is 0 Å². The lowest BCUT2D eigenvalue weighted by Crippen LogP contribution is -2.48. The summed E-state index contributed by atoms with van der Waals surface area (Å²) < 4.78 is 0. The van der Waals surface area contributed by atoms with Gasteiger partial charge >= 0.3 is 5.97 Å². The SMILES string of the molecule is CCCC1CCC(C(=O)O)C(N2CC(C)CC2C)C1. The maximum Gasteiger partial charge on any atom is 0.308 e. The van der Waals surface area contributed by atoms with Crippen molar-refractivity contribution in [1.29, 1.82) is 0 Å². The van der Waals surface area contributed by atoms with Crippen LogP contribution >= 0.6 is 0 Å². The zero-order chi connectivity index (χ0) is 14.0. The lowest BCUT2D eigenvalue weighted by molar-refractivity contribution is -0.146. The molecule has 0 radical (unpaired) electrons. The summed E-state index contributed by atoms with van der Waals surface area (Å²) in [6.07, 6.45) is 6.80. The molecule has 1 N–H and O–H groups in total. The lowest BCUT2D eigenvalue weighted by atomic mass is 9.75. The highest BCUT2D eigenvalue weighted by Gasteiger charge is 2.42. The molecule has 0 aromatic carbocycles. The van der Waals surface area contributed by atoms with Gasteiger partial charge in [-0.25, -0.2) is 0 Å². The quantitative estimate of drug-likeness (QED) is 0.849. The van der Waals surface area contributed by atoms with Crippen LogP contribution in [-0.4, -0.2) is 34.6 Å². The fraction of sp³-hybridized carbons (Fsp3) is 0.938. The van der Waals surface area contributed by atoms with Crippen LogP contribution in [0.1, 0.15) is 59.3 Å². The van der Waals surface area contributed by atoms with Crippen molar-refractivity contribution < 1.29 is 9.90 Å². The molecule has 3 heteroatoms. The van der Waals surface area contributed by atoms with E-state index in [1.165, 1.54) is 19.3 Å². The van der Waals surface area contributed by atoms with Crippen molar-refractivity contribution in [3.05, 3.63) is 0 Å². The largest absolute Gasteiger partial charge is 0.481 e. The van der Waals surface area contributed by atoms with Gasteiger partial charge in [-0.15, -0.1) is 0 Å². The van der Waals surface area contributed by atoms with Crippen molar-refractivity contribution in [3.8, 4) is 0 Å². The molecular weight excluding hydrogens is 238 g/mol. The predicted octanol–water partition coefficient (Wildman–Crippen LogP) is 3.39. The number of aliphatic carboxylic acids is 1. The molecule has 110 valence electrons. The highest BCUT2D eigenvalue weighted by molar-refractivity contribution is 5.71. The van der Waals surface area contributed by atoms with Crippen LogP contribution < -0.4 is 0 Å². The average molecular weight is 267 g/mol. The Morgan fingerprint density at radius 2 is 2.00 bits per heavy atom. The van der Waals surface area contributed by atoms with E-state index in [0.29, 0.717) is 6.04 Å². The van der Waals surface area contributed by atoms with Gasteiger partial charge in [0, 0.05) is 18.6 Å². The van der Waals surface area contributed by atoms with Crippen LogP contribution in [0, 0.1) is 17.8 Å². The summed E-state index contributed by atoms with van der Waals surface area (Å²) in [5.41, 5.74) is 0. The van der Waals surface area contributed by atoms with Crippen molar-refractivity contribution in [2.24, 2.45) is 17.8 Å². The van der Waals surface area contributed by atoms with Gasteiger partial charge in [-0.1, -0.05) is 26.7 Å². The molecule has 3 nitrogen and oxygen atoms in total. The molecule has 2 aliphatic rings. The first-order valence-electron chi connectivity index (χ1n) is 8.01. The Bertz CT molecular complexity index is 318. The van der Waals surface area contributed by atoms with Gasteiger partial charge in [0.15, 0.2) is 0 Å². The van der Waals surface area contributed by atoms with Crippen molar-refractivity contribution in [2.45, 2.75) is 71.4 Å². The fourth-order valence-corrected chi connectivity index (χ4v) is 4.35. The van der Waals surface area contributed by atoms with Crippen LogP contribution in [0.4, 0.5) is 0 Å². The monoisotopic (exact) mass is 267 g/mol. The Labute approximate surface area is 117 Å². The molecule has 1 saturated carbocycles. The Balaban J connectivity index is 2.09. The minimum absolute atomic E-state index is 0.138.